The van der Waals surface area contributed by atoms with Gasteiger partial charge in [-0.15, -0.1) is 0 Å². The van der Waals surface area contributed by atoms with Gasteiger partial charge in [-0.25, -0.2) is 0 Å². The lowest BCUT2D eigenvalue weighted by molar-refractivity contribution is -0.167. The summed E-state index contributed by atoms with van der Waals surface area (Å²) in [5, 5.41) is 0. The SMILES string of the molecule is CCCCCCCCCCCC(=O)OCC(COC(=O)CCCCCCC)OC(=O)CCCCC. The van der Waals surface area contributed by atoms with Crippen LogP contribution < -0.4 is 0 Å². The predicted octanol–water partition coefficient (Wildman–Crippen LogP) is 7.85. The van der Waals surface area contributed by atoms with E-state index in [2.05, 4.69) is 20.8 Å². The van der Waals surface area contributed by atoms with Gasteiger partial charge in [-0.2, -0.15) is 0 Å². The molecule has 0 aromatic heterocycles. The molecule has 0 aliphatic heterocycles. The molecule has 0 saturated heterocycles. The molecule has 6 nitrogen and oxygen atoms in total. The van der Waals surface area contributed by atoms with Crippen molar-refractivity contribution < 1.29 is 28.6 Å². The van der Waals surface area contributed by atoms with Gasteiger partial charge in [0.2, 0.25) is 0 Å². The molecule has 35 heavy (non-hydrogen) atoms. The zero-order valence-corrected chi connectivity index (χ0v) is 23.1. The van der Waals surface area contributed by atoms with Crippen LogP contribution in [0, 0.1) is 0 Å². The molecular formula is C29H54O6. The van der Waals surface area contributed by atoms with Crippen LogP contribution in [0.3, 0.4) is 0 Å². The fraction of sp³-hybridized carbons (Fsp3) is 0.897. The van der Waals surface area contributed by atoms with Crippen LogP contribution in [0.1, 0.15) is 149 Å². The van der Waals surface area contributed by atoms with Crippen LogP contribution in [0.25, 0.3) is 0 Å². The lowest BCUT2D eigenvalue weighted by Gasteiger charge is -2.18. The topological polar surface area (TPSA) is 78.9 Å². The molecular weight excluding hydrogens is 444 g/mol. The number of carbonyl (C=O) groups excluding carboxylic acids is 3. The smallest absolute Gasteiger partial charge is 0.306 e. The van der Waals surface area contributed by atoms with Crippen molar-refractivity contribution in [3.63, 3.8) is 0 Å². The van der Waals surface area contributed by atoms with Crippen LogP contribution in [0.4, 0.5) is 0 Å². The maximum absolute atomic E-state index is 12.1. The summed E-state index contributed by atoms with van der Waals surface area (Å²) in [6.45, 7) is 6.31. The Bertz CT molecular complexity index is 519. The lowest BCUT2D eigenvalue weighted by atomic mass is 10.1. The van der Waals surface area contributed by atoms with Gasteiger partial charge in [0.25, 0.3) is 0 Å². The molecule has 0 spiro atoms. The highest BCUT2D eigenvalue weighted by molar-refractivity contribution is 5.71. The van der Waals surface area contributed by atoms with Gasteiger partial charge in [0.05, 0.1) is 0 Å². The van der Waals surface area contributed by atoms with E-state index >= 15 is 0 Å². The van der Waals surface area contributed by atoms with E-state index in [4.69, 9.17) is 14.2 Å². The molecule has 0 aromatic rings. The van der Waals surface area contributed by atoms with Crippen molar-refractivity contribution in [3.05, 3.63) is 0 Å². The predicted molar refractivity (Wildman–Crippen MR) is 141 cm³/mol. The number of ether oxygens (including phenoxy) is 3. The van der Waals surface area contributed by atoms with Crippen molar-refractivity contribution in [1.29, 1.82) is 0 Å². The minimum atomic E-state index is -0.750. The number of carbonyl (C=O) groups is 3. The maximum Gasteiger partial charge on any atom is 0.306 e. The number of esters is 3. The monoisotopic (exact) mass is 498 g/mol. The second-order valence-electron chi connectivity index (χ2n) is 9.68. The van der Waals surface area contributed by atoms with Gasteiger partial charge in [0.15, 0.2) is 6.10 Å². The van der Waals surface area contributed by atoms with Gasteiger partial charge < -0.3 is 14.2 Å². The zero-order chi connectivity index (χ0) is 26.0. The van der Waals surface area contributed by atoms with Gasteiger partial charge in [0.1, 0.15) is 13.2 Å². The van der Waals surface area contributed by atoms with Gasteiger partial charge in [-0.3, -0.25) is 14.4 Å². The fourth-order valence-electron chi connectivity index (χ4n) is 3.85. The first-order valence-corrected chi connectivity index (χ1v) is 14.5. The van der Waals surface area contributed by atoms with Crippen LogP contribution in [0.5, 0.6) is 0 Å². The molecule has 0 fully saturated rings. The molecule has 6 heteroatoms. The lowest BCUT2D eigenvalue weighted by Crippen LogP contribution is -2.30. The minimum Gasteiger partial charge on any atom is -0.462 e. The highest BCUT2D eigenvalue weighted by atomic mass is 16.6. The van der Waals surface area contributed by atoms with Crippen molar-refractivity contribution >= 4 is 17.9 Å². The molecule has 0 N–H and O–H groups in total. The number of hydrogen-bond donors (Lipinski definition) is 0. The first kappa shape index (κ1) is 33.4. The van der Waals surface area contributed by atoms with Gasteiger partial charge in [0, 0.05) is 19.3 Å². The Kier molecular flexibility index (Phi) is 24.3. The Morgan fingerprint density at radius 2 is 0.771 bits per heavy atom. The highest BCUT2D eigenvalue weighted by Gasteiger charge is 2.19. The molecule has 1 unspecified atom stereocenters. The minimum absolute atomic E-state index is 0.0699. The normalized spacial score (nSPS) is 11.7. The second-order valence-corrected chi connectivity index (χ2v) is 9.68. The van der Waals surface area contributed by atoms with E-state index in [-0.39, 0.29) is 31.1 Å². The van der Waals surface area contributed by atoms with Gasteiger partial charge in [-0.05, 0) is 19.3 Å². The summed E-state index contributed by atoms with van der Waals surface area (Å²) in [4.78, 5) is 36.3. The molecule has 0 heterocycles. The molecule has 0 saturated carbocycles. The fourth-order valence-corrected chi connectivity index (χ4v) is 3.85. The van der Waals surface area contributed by atoms with Crippen LogP contribution in [-0.2, 0) is 28.6 Å². The molecule has 0 aliphatic rings. The van der Waals surface area contributed by atoms with Crippen LogP contribution in [0.15, 0.2) is 0 Å². The molecule has 0 bridgehead atoms. The number of unbranched alkanes of at least 4 members (excludes halogenated alkanes) is 14. The van der Waals surface area contributed by atoms with E-state index in [0.29, 0.717) is 19.3 Å². The van der Waals surface area contributed by atoms with E-state index in [9.17, 15) is 14.4 Å². The van der Waals surface area contributed by atoms with Crippen LogP contribution >= 0.6 is 0 Å². The molecule has 206 valence electrons. The zero-order valence-electron chi connectivity index (χ0n) is 23.1. The Morgan fingerprint density at radius 3 is 1.20 bits per heavy atom. The summed E-state index contributed by atoms with van der Waals surface area (Å²) in [7, 11) is 0. The summed E-state index contributed by atoms with van der Waals surface area (Å²) >= 11 is 0. The third-order valence-electron chi connectivity index (χ3n) is 6.11. The average molecular weight is 499 g/mol. The summed E-state index contributed by atoms with van der Waals surface area (Å²) in [6, 6.07) is 0. The van der Waals surface area contributed by atoms with Crippen LogP contribution in [0.2, 0.25) is 0 Å². The Hall–Kier alpha value is -1.59. The first-order valence-electron chi connectivity index (χ1n) is 14.5. The summed E-state index contributed by atoms with van der Waals surface area (Å²) in [6.07, 6.45) is 19.0. The third kappa shape index (κ3) is 23.9. The molecule has 0 aliphatic carbocycles. The third-order valence-corrected chi connectivity index (χ3v) is 6.11. The van der Waals surface area contributed by atoms with Crippen LogP contribution in [-0.4, -0.2) is 37.2 Å². The summed E-state index contributed by atoms with van der Waals surface area (Å²) < 4.78 is 16.1. The largest absolute Gasteiger partial charge is 0.462 e. The van der Waals surface area contributed by atoms with E-state index in [1.165, 1.54) is 44.9 Å². The number of hydrogen-bond acceptors (Lipinski definition) is 6. The Balaban J connectivity index is 4.22. The van der Waals surface area contributed by atoms with Crippen molar-refractivity contribution in [2.24, 2.45) is 0 Å². The van der Waals surface area contributed by atoms with Gasteiger partial charge >= 0.3 is 17.9 Å². The van der Waals surface area contributed by atoms with E-state index < -0.39 is 6.10 Å². The number of rotatable bonds is 25. The molecule has 1 atom stereocenters. The van der Waals surface area contributed by atoms with Crippen molar-refractivity contribution in [2.75, 3.05) is 13.2 Å². The molecule has 0 aromatic carbocycles. The van der Waals surface area contributed by atoms with Crippen molar-refractivity contribution in [3.8, 4) is 0 Å². The summed E-state index contributed by atoms with van der Waals surface area (Å²) in [5.41, 5.74) is 0. The average Bonchev–Trinajstić information content (AvgIpc) is 2.84. The first-order chi connectivity index (χ1) is 17.0. The maximum atomic E-state index is 12.1. The molecule has 0 rings (SSSR count). The van der Waals surface area contributed by atoms with E-state index in [1.807, 2.05) is 0 Å². The van der Waals surface area contributed by atoms with Crippen molar-refractivity contribution in [2.45, 2.75) is 155 Å². The highest BCUT2D eigenvalue weighted by Crippen LogP contribution is 2.12. The standard InChI is InChI=1S/C29H54O6/c1-4-7-10-12-13-14-15-17-20-22-28(31)34-25-26(35-29(32)23-18-9-6-3)24-33-27(30)21-19-16-11-8-5-2/h26H,4-25H2,1-3H3. The molecule has 0 amide bonds. The second kappa shape index (κ2) is 25.5. The molecule has 0 radical (unpaired) electrons. The Labute approximate surface area is 215 Å². The Morgan fingerprint density at radius 1 is 0.457 bits per heavy atom. The van der Waals surface area contributed by atoms with Gasteiger partial charge in [-0.1, -0.05) is 111 Å². The van der Waals surface area contributed by atoms with E-state index in [0.717, 1.165) is 64.2 Å². The van der Waals surface area contributed by atoms with E-state index in [1.54, 1.807) is 0 Å². The van der Waals surface area contributed by atoms with Crippen molar-refractivity contribution in [1.82, 2.24) is 0 Å². The quantitative estimate of drug-likeness (QED) is 0.0724. The summed E-state index contributed by atoms with van der Waals surface area (Å²) in [5.74, 6) is -0.925.